The zero-order valence-electron chi connectivity index (χ0n) is 8.44. The predicted molar refractivity (Wildman–Crippen MR) is 60.0 cm³/mol. The maximum absolute atomic E-state index is 5.38. The fourth-order valence-corrected chi connectivity index (χ4v) is 1.02. The molecule has 0 fully saturated rings. The molecule has 2 nitrogen and oxygen atoms in total. The molecule has 0 amide bonds. The molecule has 0 spiro atoms. The van der Waals surface area contributed by atoms with Crippen LogP contribution in [0.3, 0.4) is 0 Å². The van der Waals surface area contributed by atoms with Gasteiger partial charge in [0.15, 0.2) is 5.90 Å². The summed E-state index contributed by atoms with van der Waals surface area (Å²) in [6.07, 6.45) is 2.51. The summed E-state index contributed by atoms with van der Waals surface area (Å²) >= 11 is 0. The summed E-state index contributed by atoms with van der Waals surface area (Å²) in [4.78, 5) is 4.36. The van der Waals surface area contributed by atoms with Crippen molar-refractivity contribution in [1.82, 2.24) is 0 Å². The van der Waals surface area contributed by atoms with Gasteiger partial charge < -0.3 is 4.74 Å². The van der Waals surface area contributed by atoms with Crippen LogP contribution in [0.4, 0.5) is 5.69 Å². The van der Waals surface area contributed by atoms with Crippen LogP contribution in [-0.4, -0.2) is 12.5 Å². The number of hydrogen-bond donors (Lipinski definition) is 0. The largest absolute Gasteiger partial charge is 0.477 e. The molecule has 0 saturated heterocycles. The molecule has 0 bridgehead atoms. The lowest BCUT2D eigenvalue weighted by atomic mass is 10.3. The Bertz CT molecular complexity index is 303. The fourth-order valence-electron chi connectivity index (χ4n) is 1.02. The Kier molecular flexibility index (Phi) is 4.48. The van der Waals surface area contributed by atoms with Crippen molar-refractivity contribution in [3.05, 3.63) is 43.0 Å². The van der Waals surface area contributed by atoms with Crippen molar-refractivity contribution in [3.8, 4) is 0 Å². The van der Waals surface area contributed by atoms with Gasteiger partial charge in [-0.1, -0.05) is 37.8 Å². The Labute approximate surface area is 84.9 Å². The third-order valence-electron chi connectivity index (χ3n) is 1.68. The van der Waals surface area contributed by atoms with E-state index in [2.05, 4.69) is 11.6 Å². The summed E-state index contributed by atoms with van der Waals surface area (Å²) in [5.41, 5.74) is 0.924. The van der Waals surface area contributed by atoms with Crippen LogP contribution in [0.25, 0.3) is 0 Å². The average molecular weight is 189 g/mol. The van der Waals surface area contributed by atoms with E-state index in [1.54, 1.807) is 6.08 Å². The summed E-state index contributed by atoms with van der Waals surface area (Å²) in [5.74, 6) is 0.746. The molecule has 0 aliphatic rings. The van der Waals surface area contributed by atoms with Gasteiger partial charge in [0.05, 0.1) is 5.69 Å². The van der Waals surface area contributed by atoms with Crippen molar-refractivity contribution >= 4 is 11.6 Å². The van der Waals surface area contributed by atoms with Gasteiger partial charge in [-0.15, -0.1) is 0 Å². The summed E-state index contributed by atoms with van der Waals surface area (Å²) in [5, 5.41) is 0. The average Bonchev–Trinajstić information content (AvgIpc) is 2.25. The van der Waals surface area contributed by atoms with Crippen LogP contribution in [0.5, 0.6) is 0 Å². The Morgan fingerprint density at radius 1 is 1.43 bits per heavy atom. The van der Waals surface area contributed by atoms with E-state index in [-0.39, 0.29) is 0 Å². The smallest absolute Gasteiger partial charge is 0.188 e. The Morgan fingerprint density at radius 3 is 2.71 bits per heavy atom. The van der Waals surface area contributed by atoms with Crippen molar-refractivity contribution in [3.63, 3.8) is 0 Å². The molecule has 1 aromatic rings. The van der Waals surface area contributed by atoms with E-state index in [1.165, 1.54) is 0 Å². The number of nitrogens with zero attached hydrogens (tertiary/aromatic N) is 1. The van der Waals surface area contributed by atoms with Gasteiger partial charge in [0, 0.05) is 6.42 Å². The number of hydrogen-bond acceptors (Lipinski definition) is 2. The highest BCUT2D eigenvalue weighted by atomic mass is 16.5. The number of rotatable bonds is 4. The molecule has 0 heterocycles. The first-order valence-electron chi connectivity index (χ1n) is 4.73. The van der Waals surface area contributed by atoms with E-state index in [0.717, 1.165) is 18.0 Å². The highest BCUT2D eigenvalue weighted by Crippen LogP contribution is 2.11. The van der Waals surface area contributed by atoms with Crippen LogP contribution in [0.2, 0.25) is 0 Å². The van der Waals surface area contributed by atoms with Crippen LogP contribution < -0.4 is 0 Å². The minimum absolute atomic E-state index is 0.513. The zero-order valence-corrected chi connectivity index (χ0v) is 8.44. The van der Waals surface area contributed by atoms with Crippen molar-refractivity contribution in [1.29, 1.82) is 0 Å². The molecular weight excluding hydrogens is 174 g/mol. The second-order valence-electron chi connectivity index (χ2n) is 2.79. The third kappa shape index (κ3) is 3.44. The first-order valence-corrected chi connectivity index (χ1v) is 4.73. The van der Waals surface area contributed by atoms with E-state index in [9.17, 15) is 0 Å². The van der Waals surface area contributed by atoms with Gasteiger partial charge in [0.25, 0.3) is 0 Å². The summed E-state index contributed by atoms with van der Waals surface area (Å²) in [6, 6.07) is 9.79. The van der Waals surface area contributed by atoms with Crippen molar-refractivity contribution in [2.45, 2.75) is 13.3 Å². The Morgan fingerprint density at radius 2 is 2.14 bits per heavy atom. The van der Waals surface area contributed by atoms with E-state index in [0.29, 0.717) is 6.61 Å². The van der Waals surface area contributed by atoms with Gasteiger partial charge in [0.1, 0.15) is 6.61 Å². The van der Waals surface area contributed by atoms with Gasteiger partial charge in [0.2, 0.25) is 0 Å². The van der Waals surface area contributed by atoms with Crippen molar-refractivity contribution in [2.24, 2.45) is 4.99 Å². The lowest BCUT2D eigenvalue weighted by Crippen LogP contribution is -2.02. The lowest BCUT2D eigenvalue weighted by molar-refractivity contribution is 0.341. The van der Waals surface area contributed by atoms with Gasteiger partial charge in [-0.05, 0) is 12.1 Å². The van der Waals surface area contributed by atoms with Crippen LogP contribution >= 0.6 is 0 Å². The van der Waals surface area contributed by atoms with E-state index >= 15 is 0 Å². The molecule has 0 N–H and O–H groups in total. The number of ether oxygens (including phenoxy) is 1. The number of benzene rings is 1. The van der Waals surface area contributed by atoms with Crippen LogP contribution in [-0.2, 0) is 4.74 Å². The molecule has 0 aliphatic carbocycles. The highest BCUT2D eigenvalue weighted by molar-refractivity contribution is 5.78. The molecule has 1 rings (SSSR count). The first-order chi connectivity index (χ1) is 6.86. The normalized spacial score (nSPS) is 11.1. The van der Waals surface area contributed by atoms with E-state index in [4.69, 9.17) is 4.74 Å². The minimum atomic E-state index is 0.513. The SMILES string of the molecule is C=CCOC(CC)=Nc1ccccc1. The van der Waals surface area contributed by atoms with Crippen molar-refractivity contribution < 1.29 is 4.74 Å². The standard InChI is InChI=1S/C12H15NO/c1-3-10-14-12(4-2)13-11-8-6-5-7-9-11/h3,5-9H,1,4,10H2,2H3. The zero-order chi connectivity index (χ0) is 10.2. The fraction of sp³-hybridized carbons (Fsp3) is 0.250. The monoisotopic (exact) mass is 189 g/mol. The molecule has 1 aromatic carbocycles. The molecule has 0 radical (unpaired) electrons. The minimum Gasteiger partial charge on any atom is -0.477 e. The molecule has 0 unspecified atom stereocenters. The van der Waals surface area contributed by atoms with E-state index in [1.807, 2.05) is 37.3 Å². The molecule has 2 heteroatoms. The van der Waals surface area contributed by atoms with Gasteiger partial charge in [-0.3, -0.25) is 0 Å². The molecular formula is C12H15NO. The maximum atomic E-state index is 5.38. The van der Waals surface area contributed by atoms with Crippen LogP contribution in [0.15, 0.2) is 48.0 Å². The molecule has 0 aromatic heterocycles. The van der Waals surface area contributed by atoms with Gasteiger partial charge >= 0.3 is 0 Å². The maximum Gasteiger partial charge on any atom is 0.188 e. The van der Waals surface area contributed by atoms with Gasteiger partial charge in [-0.25, -0.2) is 4.99 Å². The molecule has 0 saturated carbocycles. The van der Waals surface area contributed by atoms with E-state index < -0.39 is 0 Å². The third-order valence-corrected chi connectivity index (χ3v) is 1.68. The first kappa shape index (κ1) is 10.5. The molecule has 74 valence electrons. The predicted octanol–water partition coefficient (Wildman–Crippen LogP) is 3.33. The summed E-state index contributed by atoms with van der Waals surface area (Å²) in [7, 11) is 0. The quantitative estimate of drug-likeness (QED) is 0.404. The Hall–Kier alpha value is -1.57. The van der Waals surface area contributed by atoms with Gasteiger partial charge in [-0.2, -0.15) is 0 Å². The second kappa shape index (κ2) is 5.97. The number of aliphatic imine (C=N–C) groups is 1. The summed E-state index contributed by atoms with van der Waals surface area (Å²) in [6.45, 7) is 6.13. The second-order valence-corrected chi connectivity index (χ2v) is 2.79. The topological polar surface area (TPSA) is 21.6 Å². The highest BCUT2D eigenvalue weighted by Gasteiger charge is 1.95. The molecule has 0 aliphatic heterocycles. The molecule has 14 heavy (non-hydrogen) atoms. The van der Waals surface area contributed by atoms with Crippen LogP contribution in [0.1, 0.15) is 13.3 Å². The molecule has 0 atom stereocenters. The number of para-hydroxylation sites is 1. The lowest BCUT2D eigenvalue weighted by Gasteiger charge is -2.04. The summed E-state index contributed by atoms with van der Waals surface area (Å²) < 4.78 is 5.38. The van der Waals surface area contributed by atoms with Crippen molar-refractivity contribution in [2.75, 3.05) is 6.61 Å². The Balaban J connectivity index is 2.68. The van der Waals surface area contributed by atoms with Crippen LogP contribution in [0, 0.1) is 0 Å².